The SMILES string of the molecule is CC(C)(C)NC(=O)c1c(-c2cccc(Cl)c2)nn2c1CN(C(N)=O)CC2CO. The van der Waals surface area contributed by atoms with Crippen LogP contribution in [0.15, 0.2) is 24.3 Å². The van der Waals surface area contributed by atoms with Gasteiger partial charge in [-0.25, -0.2) is 4.79 Å². The number of carbonyl (C=O) groups is 2. The number of carbonyl (C=O) groups excluding carboxylic acids is 2. The Morgan fingerprint density at radius 2 is 2.11 bits per heavy atom. The lowest BCUT2D eigenvalue weighted by atomic mass is 10.0. The lowest BCUT2D eigenvalue weighted by molar-refractivity contribution is 0.0912. The molecule has 0 aliphatic carbocycles. The summed E-state index contributed by atoms with van der Waals surface area (Å²) in [5, 5.41) is 17.9. The van der Waals surface area contributed by atoms with Gasteiger partial charge in [0.25, 0.3) is 5.91 Å². The predicted molar refractivity (Wildman–Crippen MR) is 106 cm³/mol. The van der Waals surface area contributed by atoms with Crippen LogP contribution in [-0.4, -0.2) is 50.4 Å². The van der Waals surface area contributed by atoms with Gasteiger partial charge in [-0.15, -0.1) is 0 Å². The van der Waals surface area contributed by atoms with Crippen LogP contribution in [-0.2, 0) is 6.54 Å². The van der Waals surface area contributed by atoms with Crippen LogP contribution in [0.2, 0.25) is 5.02 Å². The van der Waals surface area contributed by atoms with E-state index in [0.29, 0.717) is 27.5 Å². The summed E-state index contributed by atoms with van der Waals surface area (Å²) < 4.78 is 1.62. The molecule has 4 N–H and O–H groups in total. The fourth-order valence-electron chi connectivity index (χ4n) is 3.28. The second-order valence-electron chi connectivity index (χ2n) is 7.88. The maximum atomic E-state index is 13.1. The number of halogens is 1. The number of nitrogens with one attached hydrogen (secondary N) is 1. The van der Waals surface area contributed by atoms with Crippen molar-refractivity contribution in [3.63, 3.8) is 0 Å². The highest BCUT2D eigenvalue weighted by Gasteiger charge is 2.35. The van der Waals surface area contributed by atoms with Gasteiger partial charge in [0.2, 0.25) is 0 Å². The Hall–Kier alpha value is -2.58. The number of hydrogen-bond donors (Lipinski definition) is 3. The van der Waals surface area contributed by atoms with E-state index in [-0.39, 0.29) is 25.6 Å². The van der Waals surface area contributed by atoms with Crippen LogP contribution >= 0.6 is 11.6 Å². The molecule has 3 amide bonds. The highest BCUT2D eigenvalue weighted by atomic mass is 35.5. The molecule has 0 bridgehead atoms. The fraction of sp³-hybridized carbons (Fsp3) is 0.421. The van der Waals surface area contributed by atoms with Crippen LogP contribution in [0, 0.1) is 0 Å². The molecule has 1 unspecified atom stereocenters. The lowest BCUT2D eigenvalue weighted by Gasteiger charge is -2.32. The van der Waals surface area contributed by atoms with Crippen molar-refractivity contribution in [1.82, 2.24) is 20.0 Å². The van der Waals surface area contributed by atoms with Gasteiger partial charge in [-0.3, -0.25) is 9.48 Å². The molecule has 1 aromatic carbocycles. The molecule has 8 nitrogen and oxygen atoms in total. The molecule has 0 radical (unpaired) electrons. The molecule has 2 heterocycles. The Bertz CT molecular complexity index is 919. The summed E-state index contributed by atoms with van der Waals surface area (Å²) in [5.41, 5.74) is 7.00. The van der Waals surface area contributed by atoms with Crippen molar-refractivity contribution >= 4 is 23.5 Å². The second kappa shape index (κ2) is 7.44. The van der Waals surface area contributed by atoms with E-state index in [4.69, 9.17) is 17.3 Å². The predicted octanol–water partition coefficient (Wildman–Crippen LogP) is 2.16. The number of rotatable bonds is 3. The molecule has 1 aliphatic heterocycles. The maximum absolute atomic E-state index is 13.1. The van der Waals surface area contributed by atoms with E-state index in [9.17, 15) is 14.7 Å². The summed E-state index contributed by atoms with van der Waals surface area (Å²) >= 11 is 6.14. The highest BCUT2D eigenvalue weighted by Crippen LogP contribution is 2.32. The third-order valence-corrected chi connectivity index (χ3v) is 4.70. The minimum absolute atomic E-state index is 0.131. The van der Waals surface area contributed by atoms with Crippen LogP contribution in [0.1, 0.15) is 42.9 Å². The van der Waals surface area contributed by atoms with Gasteiger partial charge in [0.05, 0.1) is 30.5 Å². The fourth-order valence-corrected chi connectivity index (χ4v) is 3.47. The molecule has 2 aromatic rings. The number of hydrogen-bond acceptors (Lipinski definition) is 4. The minimum atomic E-state index is -0.614. The quantitative estimate of drug-likeness (QED) is 0.725. The van der Waals surface area contributed by atoms with Gasteiger partial charge in [-0.1, -0.05) is 23.7 Å². The molecular weight excluding hydrogens is 382 g/mol. The Morgan fingerprint density at radius 1 is 1.39 bits per heavy atom. The van der Waals surface area contributed by atoms with Crippen LogP contribution in [0.4, 0.5) is 4.79 Å². The number of nitrogens with zero attached hydrogens (tertiary/aromatic N) is 3. The number of aliphatic hydroxyl groups excluding tert-OH is 1. The van der Waals surface area contributed by atoms with Crippen molar-refractivity contribution in [1.29, 1.82) is 0 Å². The first-order chi connectivity index (χ1) is 13.1. The monoisotopic (exact) mass is 405 g/mol. The smallest absolute Gasteiger partial charge is 0.315 e. The Morgan fingerprint density at radius 3 is 2.68 bits per heavy atom. The molecular formula is C19H24ClN5O3. The van der Waals surface area contributed by atoms with Gasteiger partial charge in [-0.05, 0) is 32.9 Å². The van der Waals surface area contributed by atoms with E-state index in [0.717, 1.165) is 0 Å². The molecule has 1 atom stereocenters. The number of urea groups is 1. The van der Waals surface area contributed by atoms with Crippen LogP contribution in [0.3, 0.4) is 0 Å². The molecule has 1 aromatic heterocycles. The zero-order valence-electron chi connectivity index (χ0n) is 16.1. The van der Waals surface area contributed by atoms with Crippen molar-refractivity contribution in [2.75, 3.05) is 13.2 Å². The van der Waals surface area contributed by atoms with Crippen molar-refractivity contribution < 1.29 is 14.7 Å². The van der Waals surface area contributed by atoms with Crippen molar-refractivity contribution in [3.05, 3.63) is 40.5 Å². The van der Waals surface area contributed by atoms with E-state index in [1.54, 1.807) is 22.9 Å². The molecule has 9 heteroatoms. The lowest BCUT2D eigenvalue weighted by Crippen LogP contribution is -2.46. The first-order valence-corrected chi connectivity index (χ1v) is 9.33. The van der Waals surface area contributed by atoms with Gasteiger partial charge in [0.1, 0.15) is 5.69 Å². The summed E-state index contributed by atoms with van der Waals surface area (Å²) in [7, 11) is 0. The largest absolute Gasteiger partial charge is 0.394 e. The molecule has 0 saturated heterocycles. The molecule has 3 rings (SSSR count). The van der Waals surface area contributed by atoms with E-state index in [1.165, 1.54) is 4.90 Å². The second-order valence-corrected chi connectivity index (χ2v) is 8.32. The zero-order chi connectivity index (χ0) is 20.6. The maximum Gasteiger partial charge on any atom is 0.315 e. The van der Waals surface area contributed by atoms with Crippen LogP contribution < -0.4 is 11.1 Å². The number of benzene rings is 1. The molecule has 0 fully saturated rings. The minimum Gasteiger partial charge on any atom is -0.394 e. The molecule has 28 heavy (non-hydrogen) atoms. The van der Waals surface area contributed by atoms with Crippen molar-refractivity contribution in [3.8, 4) is 11.3 Å². The number of nitrogens with two attached hydrogens (primary N) is 1. The normalized spacial score (nSPS) is 16.6. The number of primary amides is 1. The van der Waals surface area contributed by atoms with Gasteiger partial charge >= 0.3 is 6.03 Å². The zero-order valence-corrected chi connectivity index (χ0v) is 16.8. The van der Waals surface area contributed by atoms with E-state index < -0.39 is 17.6 Å². The summed E-state index contributed by atoms with van der Waals surface area (Å²) in [6.45, 7) is 5.75. The first-order valence-electron chi connectivity index (χ1n) is 8.96. The third-order valence-electron chi connectivity index (χ3n) is 4.46. The molecule has 1 aliphatic rings. The molecule has 0 spiro atoms. The molecule has 150 valence electrons. The number of amides is 3. The van der Waals surface area contributed by atoms with Crippen molar-refractivity contribution in [2.24, 2.45) is 5.73 Å². The Kier molecular flexibility index (Phi) is 5.36. The van der Waals surface area contributed by atoms with E-state index >= 15 is 0 Å². The van der Waals surface area contributed by atoms with E-state index in [2.05, 4.69) is 10.4 Å². The van der Waals surface area contributed by atoms with Crippen LogP contribution in [0.25, 0.3) is 11.3 Å². The van der Waals surface area contributed by atoms with Gasteiger partial charge < -0.3 is 21.1 Å². The summed E-state index contributed by atoms with van der Waals surface area (Å²) in [4.78, 5) is 26.3. The average Bonchev–Trinajstić information content (AvgIpc) is 2.99. The average molecular weight is 406 g/mol. The van der Waals surface area contributed by atoms with Gasteiger partial charge in [0, 0.05) is 22.7 Å². The first kappa shape index (κ1) is 20.2. The van der Waals surface area contributed by atoms with Gasteiger partial charge in [0.15, 0.2) is 0 Å². The number of fused-ring (bicyclic) bond motifs is 1. The number of aromatic nitrogens is 2. The van der Waals surface area contributed by atoms with Gasteiger partial charge in [-0.2, -0.15) is 5.10 Å². The standard InChI is InChI=1S/C19H24ClN5O3/c1-19(2,3)22-17(27)15-14-9-24(18(21)28)8-13(10-26)25(14)23-16(15)11-5-4-6-12(20)7-11/h4-7,13,26H,8-10H2,1-3H3,(H2,21,28)(H,22,27). The van der Waals surface area contributed by atoms with Crippen molar-refractivity contribution in [2.45, 2.75) is 38.9 Å². The highest BCUT2D eigenvalue weighted by molar-refractivity contribution is 6.30. The summed E-state index contributed by atoms with van der Waals surface area (Å²) in [6.07, 6.45) is 0. The number of aliphatic hydroxyl groups is 1. The van der Waals surface area contributed by atoms with E-state index in [1.807, 2.05) is 26.8 Å². The summed E-state index contributed by atoms with van der Waals surface area (Å²) in [5.74, 6) is -0.313. The third kappa shape index (κ3) is 3.98. The molecule has 0 saturated carbocycles. The summed E-state index contributed by atoms with van der Waals surface area (Å²) in [6, 6.07) is 5.95. The Labute approximate surface area is 168 Å². The van der Waals surface area contributed by atoms with Crippen LogP contribution in [0.5, 0.6) is 0 Å². The topological polar surface area (TPSA) is 113 Å². The Balaban J connectivity index is 2.20.